The average Bonchev–Trinajstić information content (AvgIpc) is 3.36. The van der Waals surface area contributed by atoms with Crippen molar-refractivity contribution in [1.82, 2.24) is 19.4 Å². The molecule has 0 saturated carbocycles. The lowest BCUT2D eigenvalue weighted by Gasteiger charge is -2.37. The van der Waals surface area contributed by atoms with E-state index in [9.17, 15) is 13.2 Å². The van der Waals surface area contributed by atoms with Crippen LogP contribution in [0.25, 0.3) is 16.7 Å². The highest BCUT2D eigenvalue weighted by Crippen LogP contribution is 2.21. The number of aromatic nitrogens is 2. The van der Waals surface area contributed by atoms with Crippen molar-refractivity contribution in [3.63, 3.8) is 0 Å². The lowest BCUT2D eigenvalue weighted by atomic mass is 10.1. The Balaban J connectivity index is 1.25. The molecular formula is C22H24N4O3S. The molecule has 0 radical (unpaired) electrons. The van der Waals surface area contributed by atoms with Crippen molar-refractivity contribution in [3.8, 4) is 5.69 Å². The first-order valence-electron chi connectivity index (χ1n) is 10.3. The zero-order chi connectivity index (χ0) is 20.7. The van der Waals surface area contributed by atoms with Crippen molar-refractivity contribution in [2.75, 3.05) is 37.7 Å². The van der Waals surface area contributed by atoms with Crippen molar-refractivity contribution < 1.29 is 13.2 Å². The summed E-state index contributed by atoms with van der Waals surface area (Å²) in [6.07, 6.45) is 2.50. The van der Waals surface area contributed by atoms with E-state index in [0.717, 1.165) is 29.8 Å². The number of hydrogen-bond donors (Lipinski definition) is 0. The summed E-state index contributed by atoms with van der Waals surface area (Å²) >= 11 is 0. The van der Waals surface area contributed by atoms with Gasteiger partial charge in [0.1, 0.15) is 6.33 Å². The molecule has 8 heteroatoms. The normalized spacial score (nSPS) is 21.9. The first kappa shape index (κ1) is 19.3. The zero-order valence-corrected chi connectivity index (χ0v) is 17.5. The van der Waals surface area contributed by atoms with E-state index in [1.807, 2.05) is 58.0 Å². The number of carbonyl (C=O) groups is 1. The van der Waals surface area contributed by atoms with Gasteiger partial charge in [-0.2, -0.15) is 0 Å². The highest BCUT2D eigenvalue weighted by Gasteiger charge is 2.34. The summed E-state index contributed by atoms with van der Waals surface area (Å²) in [5.74, 6) is 0.566. The number of benzene rings is 2. The third-order valence-corrected chi connectivity index (χ3v) is 7.92. The van der Waals surface area contributed by atoms with Gasteiger partial charge in [-0.3, -0.25) is 14.3 Å². The van der Waals surface area contributed by atoms with Crippen LogP contribution in [0.15, 0.2) is 54.9 Å². The van der Waals surface area contributed by atoms with Crippen LogP contribution in [0.1, 0.15) is 16.8 Å². The first-order valence-corrected chi connectivity index (χ1v) is 12.1. The molecule has 0 bridgehead atoms. The topological polar surface area (TPSA) is 75.5 Å². The van der Waals surface area contributed by atoms with E-state index in [0.29, 0.717) is 25.1 Å². The molecule has 2 aliphatic heterocycles. The maximum absolute atomic E-state index is 12.9. The van der Waals surface area contributed by atoms with Gasteiger partial charge < -0.3 is 4.90 Å². The van der Waals surface area contributed by atoms with Crippen LogP contribution in [-0.2, 0) is 9.84 Å². The lowest BCUT2D eigenvalue weighted by Crippen LogP contribution is -2.52. The summed E-state index contributed by atoms with van der Waals surface area (Å²) in [7, 11) is -2.88. The number of hydrogen-bond acceptors (Lipinski definition) is 5. The molecule has 156 valence electrons. The molecule has 2 saturated heterocycles. The maximum atomic E-state index is 12.9. The standard InChI is InChI=1S/C22H24N4O3S/c27-22(25-12-10-24(11-13-25)19-9-14-30(28,29)15-19)17-5-7-18(8-6-17)26-16-23-20-3-1-2-4-21(20)26/h1-8,16,19H,9-15H2. The van der Waals surface area contributed by atoms with Crippen LogP contribution in [0.4, 0.5) is 0 Å². The van der Waals surface area contributed by atoms with E-state index in [4.69, 9.17) is 0 Å². The van der Waals surface area contributed by atoms with Crippen molar-refractivity contribution in [2.24, 2.45) is 0 Å². The van der Waals surface area contributed by atoms with Crippen LogP contribution < -0.4 is 0 Å². The second-order valence-electron chi connectivity index (χ2n) is 8.04. The van der Waals surface area contributed by atoms with Crippen LogP contribution in [0.3, 0.4) is 0 Å². The van der Waals surface area contributed by atoms with Gasteiger partial charge in [-0.25, -0.2) is 13.4 Å². The number of amides is 1. The van der Waals surface area contributed by atoms with Crippen molar-refractivity contribution in [2.45, 2.75) is 12.5 Å². The number of nitrogens with zero attached hydrogens (tertiary/aromatic N) is 4. The largest absolute Gasteiger partial charge is 0.336 e. The summed E-state index contributed by atoms with van der Waals surface area (Å²) in [5.41, 5.74) is 3.60. The number of fused-ring (bicyclic) bond motifs is 1. The minimum absolute atomic E-state index is 0.0238. The van der Waals surface area contributed by atoms with Gasteiger partial charge in [-0.15, -0.1) is 0 Å². The Bertz CT molecular complexity index is 1180. The van der Waals surface area contributed by atoms with Gasteiger partial charge in [0.2, 0.25) is 0 Å². The molecule has 7 nitrogen and oxygen atoms in total. The third-order valence-electron chi connectivity index (χ3n) is 6.17. The molecule has 2 aliphatic rings. The maximum Gasteiger partial charge on any atom is 0.253 e. The van der Waals surface area contributed by atoms with E-state index in [-0.39, 0.29) is 23.5 Å². The predicted molar refractivity (Wildman–Crippen MR) is 116 cm³/mol. The zero-order valence-electron chi connectivity index (χ0n) is 16.6. The SMILES string of the molecule is O=C(c1ccc(-n2cnc3ccccc32)cc1)N1CCN(C2CCS(=O)(=O)C2)CC1. The Morgan fingerprint density at radius 3 is 2.40 bits per heavy atom. The Kier molecular flexibility index (Phi) is 4.83. The Hall–Kier alpha value is -2.71. The number of carbonyl (C=O) groups excluding carboxylic acids is 1. The summed E-state index contributed by atoms with van der Waals surface area (Å²) in [4.78, 5) is 21.4. The molecule has 0 aliphatic carbocycles. The molecule has 3 heterocycles. The lowest BCUT2D eigenvalue weighted by molar-refractivity contribution is 0.0588. The van der Waals surface area contributed by atoms with E-state index in [1.54, 1.807) is 6.33 Å². The van der Waals surface area contributed by atoms with Crippen molar-refractivity contribution in [1.29, 1.82) is 0 Å². The average molecular weight is 425 g/mol. The van der Waals surface area contributed by atoms with Gasteiger partial charge >= 0.3 is 0 Å². The van der Waals surface area contributed by atoms with E-state index >= 15 is 0 Å². The van der Waals surface area contributed by atoms with E-state index < -0.39 is 9.84 Å². The molecule has 1 aromatic heterocycles. The summed E-state index contributed by atoms with van der Waals surface area (Å²) < 4.78 is 25.5. The second-order valence-corrected chi connectivity index (χ2v) is 10.3. The molecule has 5 rings (SSSR count). The molecule has 3 aromatic rings. The van der Waals surface area contributed by atoms with E-state index in [2.05, 4.69) is 9.88 Å². The quantitative estimate of drug-likeness (QED) is 0.643. The van der Waals surface area contributed by atoms with E-state index in [1.165, 1.54) is 0 Å². The summed E-state index contributed by atoms with van der Waals surface area (Å²) in [6, 6.07) is 15.7. The Morgan fingerprint density at radius 2 is 1.70 bits per heavy atom. The monoisotopic (exact) mass is 424 g/mol. The first-order chi connectivity index (χ1) is 14.5. The molecule has 2 aromatic carbocycles. The van der Waals surface area contributed by atoms with Gasteiger partial charge in [-0.1, -0.05) is 12.1 Å². The third kappa shape index (κ3) is 3.61. The van der Waals surface area contributed by atoms with Gasteiger partial charge in [0, 0.05) is 43.5 Å². The van der Waals surface area contributed by atoms with Crippen molar-refractivity contribution in [3.05, 3.63) is 60.4 Å². The minimum atomic E-state index is -2.88. The number of para-hydroxylation sites is 2. The molecule has 0 spiro atoms. The highest BCUT2D eigenvalue weighted by molar-refractivity contribution is 7.91. The molecule has 0 N–H and O–H groups in total. The van der Waals surface area contributed by atoms with Crippen LogP contribution in [0.5, 0.6) is 0 Å². The predicted octanol–water partition coefficient (Wildman–Crippen LogP) is 1.97. The van der Waals surface area contributed by atoms with Gasteiger partial charge in [0.25, 0.3) is 5.91 Å². The van der Waals surface area contributed by atoms with Crippen LogP contribution in [0.2, 0.25) is 0 Å². The molecular weight excluding hydrogens is 400 g/mol. The Morgan fingerprint density at radius 1 is 0.967 bits per heavy atom. The molecule has 1 amide bonds. The van der Waals surface area contributed by atoms with Gasteiger partial charge in [0.15, 0.2) is 9.84 Å². The highest BCUT2D eigenvalue weighted by atomic mass is 32.2. The fourth-order valence-corrected chi connectivity index (χ4v) is 6.23. The second kappa shape index (κ2) is 7.52. The number of imidazole rings is 1. The fourth-order valence-electron chi connectivity index (χ4n) is 4.47. The minimum Gasteiger partial charge on any atom is -0.336 e. The molecule has 30 heavy (non-hydrogen) atoms. The number of piperazine rings is 1. The van der Waals surface area contributed by atoms with Crippen LogP contribution >= 0.6 is 0 Å². The summed E-state index contributed by atoms with van der Waals surface area (Å²) in [6.45, 7) is 2.71. The van der Waals surface area contributed by atoms with Crippen LogP contribution in [0, 0.1) is 0 Å². The van der Waals surface area contributed by atoms with Gasteiger partial charge in [0.05, 0.1) is 22.5 Å². The van der Waals surface area contributed by atoms with Crippen LogP contribution in [-0.4, -0.2) is 77.4 Å². The molecule has 2 fully saturated rings. The fraction of sp³-hybridized carbons (Fsp3) is 0.364. The number of rotatable bonds is 3. The molecule has 1 unspecified atom stereocenters. The van der Waals surface area contributed by atoms with Gasteiger partial charge in [-0.05, 0) is 42.8 Å². The number of sulfone groups is 1. The summed E-state index contributed by atoms with van der Waals surface area (Å²) in [5, 5.41) is 0. The Labute approximate surface area is 175 Å². The van der Waals surface area contributed by atoms with Crippen molar-refractivity contribution >= 4 is 26.8 Å². The smallest absolute Gasteiger partial charge is 0.253 e. The molecule has 1 atom stereocenters.